The number of hydrogen-bond acceptors (Lipinski definition) is 6. The summed E-state index contributed by atoms with van der Waals surface area (Å²) in [5.74, 6) is 0.245. The fourth-order valence-corrected chi connectivity index (χ4v) is 5.09. The maximum absolute atomic E-state index is 13.0. The molecular formula is C24H23NO5S. The van der Waals surface area contributed by atoms with Crippen LogP contribution >= 0.6 is 11.3 Å². The van der Waals surface area contributed by atoms with Gasteiger partial charge in [0.25, 0.3) is 5.91 Å². The minimum Gasteiger partial charge on any atom is -0.493 e. The molecule has 6 nitrogen and oxygen atoms in total. The molecule has 0 aliphatic heterocycles. The third kappa shape index (κ3) is 3.88. The maximum Gasteiger partial charge on any atom is 0.341 e. The van der Waals surface area contributed by atoms with Crippen LogP contribution < -0.4 is 14.8 Å². The molecule has 0 unspecified atom stereocenters. The average molecular weight is 438 g/mol. The van der Waals surface area contributed by atoms with E-state index in [0.717, 1.165) is 28.8 Å². The molecule has 160 valence electrons. The van der Waals surface area contributed by atoms with Crippen molar-refractivity contribution in [3.8, 4) is 21.9 Å². The number of carbonyl (C=O) groups is 2. The Labute approximate surface area is 184 Å². The van der Waals surface area contributed by atoms with E-state index >= 15 is 0 Å². The van der Waals surface area contributed by atoms with Gasteiger partial charge in [0, 0.05) is 10.4 Å². The van der Waals surface area contributed by atoms with Crippen LogP contribution in [0.4, 0.5) is 5.00 Å². The summed E-state index contributed by atoms with van der Waals surface area (Å²) in [4.78, 5) is 26.8. The Kier molecular flexibility index (Phi) is 5.95. The van der Waals surface area contributed by atoms with E-state index in [-0.39, 0.29) is 12.5 Å². The highest BCUT2D eigenvalue weighted by atomic mass is 32.1. The molecule has 7 heteroatoms. The third-order valence-electron chi connectivity index (χ3n) is 5.27. The van der Waals surface area contributed by atoms with Crippen LogP contribution in [0.25, 0.3) is 10.4 Å². The van der Waals surface area contributed by atoms with Crippen LogP contribution in [0.2, 0.25) is 0 Å². The van der Waals surface area contributed by atoms with E-state index in [1.54, 1.807) is 25.1 Å². The molecule has 1 heterocycles. The summed E-state index contributed by atoms with van der Waals surface area (Å²) in [6.45, 7) is 2.04. The van der Waals surface area contributed by atoms with Crippen molar-refractivity contribution in [2.24, 2.45) is 0 Å². The van der Waals surface area contributed by atoms with Crippen LogP contribution in [0.5, 0.6) is 11.5 Å². The topological polar surface area (TPSA) is 73.9 Å². The van der Waals surface area contributed by atoms with Gasteiger partial charge in [-0.05, 0) is 54.7 Å². The Morgan fingerprint density at radius 3 is 2.55 bits per heavy atom. The average Bonchev–Trinajstić information content (AvgIpc) is 3.17. The van der Waals surface area contributed by atoms with Gasteiger partial charge in [-0.1, -0.05) is 24.3 Å². The van der Waals surface area contributed by atoms with Gasteiger partial charge in [0.1, 0.15) is 5.00 Å². The summed E-state index contributed by atoms with van der Waals surface area (Å²) in [7, 11) is 3.06. The Balaban J connectivity index is 1.74. The predicted molar refractivity (Wildman–Crippen MR) is 121 cm³/mol. The number of benzene rings is 2. The molecule has 31 heavy (non-hydrogen) atoms. The van der Waals surface area contributed by atoms with Gasteiger partial charge in [0.15, 0.2) is 11.5 Å². The lowest BCUT2D eigenvalue weighted by molar-refractivity contribution is 0.0527. The van der Waals surface area contributed by atoms with Crippen molar-refractivity contribution in [2.45, 2.75) is 19.8 Å². The molecule has 3 aromatic rings. The van der Waals surface area contributed by atoms with Gasteiger partial charge >= 0.3 is 5.97 Å². The first kappa shape index (κ1) is 20.9. The van der Waals surface area contributed by atoms with Gasteiger partial charge in [-0.15, -0.1) is 11.3 Å². The van der Waals surface area contributed by atoms with Crippen molar-refractivity contribution < 1.29 is 23.8 Å². The second-order valence-electron chi connectivity index (χ2n) is 7.02. The van der Waals surface area contributed by atoms with Crippen molar-refractivity contribution in [2.75, 3.05) is 26.1 Å². The molecule has 0 radical (unpaired) electrons. The lowest BCUT2D eigenvalue weighted by Crippen LogP contribution is -2.16. The zero-order valence-corrected chi connectivity index (χ0v) is 18.4. The molecule has 1 aliphatic rings. The molecule has 0 saturated carbocycles. The van der Waals surface area contributed by atoms with Crippen molar-refractivity contribution in [3.05, 3.63) is 64.7 Å². The Morgan fingerprint density at radius 2 is 1.81 bits per heavy atom. The molecule has 0 fully saturated rings. The monoisotopic (exact) mass is 437 g/mol. The molecule has 0 atom stereocenters. The number of anilines is 1. The molecule has 4 rings (SSSR count). The number of nitrogens with one attached hydrogen (secondary N) is 1. The first-order chi connectivity index (χ1) is 15.1. The Hall–Kier alpha value is -3.32. The zero-order valence-electron chi connectivity index (χ0n) is 17.6. The van der Waals surface area contributed by atoms with Crippen LogP contribution in [0, 0.1) is 0 Å². The number of esters is 1. The van der Waals surface area contributed by atoms with E-state index in [0.29, 0.717) is 27.6 Å². The lowest BCUT2D eigenvalue weighted by atomic mass is 9.89. The summed E-state index contributed by atoms with van der Waals surface area (Å²) >= 11 is 1.41. The SMILES string of the molecule is CCOC(=O)c1c(NC(=O)c2ccc(OC)c(OC)c2)sc2c1CCc1ccccc1-2. The summed E-state index contributed by atoms with van der Waals surface area (Å²) < 4.78 is 15.9. The number of carbonyl (C=O) groups excluding carboxylic acids is 2. The number of amides is 1. The predicted octanol–water partition coefficient (Wildman–Crippen LogP) is 4.96. The molecule has 0 bridgehead atoms. The number of aryl methyl sites for hydroxylation is 1. The highest BCUT2D eigenvalue weighted by Gasteiger charge is 2.29. The number of rotatable bonds is 6. The fourth-order valence-electron chi connectivity index (χ4n) is 3.80. The highest BCUT2D eigenvalue weighted by Crippen LogP contribution is 2.45. The van der Waals surface area contributed by atoms with Crippen molar-refractivity contribution in [1.82, 2.24) is 0 Å². The number of hydrogen-bond donors (Lipinski definition) is 1. The van der Waals surface area contributed by atoms with Gasteiger partial charge in [-0.25, -0.2) is 4.79 Å². The first-order valence-electron chi connectivity index (χ1n) is 10.0. The number of fused-ring (bicyclic) bond motifs is 3. The van der Waals surface area contributed by atoms with E-state index in [1.807, 2.05) is 12.1 Å². The minimum absolute atomic E-state index is 0.267. The normalized spacial score (nSPS) is 11.8. The second-order valence-corrected chi connectivity index (χ2v) is 8.04. The molecule has 1 N–H and O–H groups in total. The maximum atomic E-state index is 13.0. The van der Waals surface area contributed by atoms with E-state index in [2.05, 4.69) is 17.4 Å². The van der Waals surface area contributed by atoms with Crippen LogP contribution in [0.1, 0.15) is 38.8 Å². The highest BCUT2D eigenvalue weighted by molar-refractivity contribution is 7.20. The third-order valence-corrected chi connectivity index (χ3v) is 6.45. The lowest BCUT2D eigenvalue weighted by Gasteiger charge is -2.16. The molecule has 0 saturated heterocycles. The summed E-state index contributed by atoms with van der Waals surface area (Å²) in [6, 6.07) is 13.1. The molecule has 2 aromatic carbocycles. The van der Waals surface area contributed by atoms with E-state index < -0.39 is 5.97 Å². The van der Waals surface area contributed by atoms with Crippen LogP contribution in [-0.4, -0.2) is 32.7 Å². The van der Waals surface area contributed by atoms with Crippen LogP contribution in [0.3, 0.4) is 0 Å². The van der Waals surface area contributed by atoms with Gasteiger partial charge in [0.2, 0.25) is 0 Å². The molecule has 1 aliphatic carbocycles. The van der Waals surface area contributed by atoms with Crippen molar-refractivity contribution in [1.29, 1.82) is 0 Å². The van der Waals surface area contributed by atoms with E-state index in [4.69, 9.17) is 14.2 Å². The van der Waals surface area contributed by atoms with Crippen molar-refractivity contribution >= 4 is 28.2 Å². The van der Waals surface area contributed by atoms with Gasteiger partial charge in [-0.2, -0.15) is 0 Å². The summed E-state index contributed by atoms with van der Waals surface area (Å²) in [6.07, 6.45) is 1.57. The number of ether oxygens (including phenoxy) is 3. The smallest absolute Gasteiger partial charge is 0.341 e. The minimum atomic E-state index is -0.415. The van der Waals surface area contributed by atoms with Crippen LogP contribution in [-0.2, 0) is 17.6 Å². The van der Waals surface area contributed by atoms with E-state index in [9.17, 15) is 9.59 Å². The second kappa shape index (κ2) is 8.81. The van der Waals surface area contributed by atoms with Gasteiger partial charge in [-0.3, -0.25) is 4.79 Å². The molecule has 1 amide bonds. The quantitative estimate of drug-likeness (QED) is 0.552. The molecule has 0 spiro atoms. The summed E-state index contributed by atoms with van der Waals surface area (Å²) in [5.41, 5.74) is 4.13. The van der Waals surface area contributed by atoms with Gasteiger partial charge in [0.05, 0.1) is 26.4 Å². The molecular weight excluding hydrogens is 414 g/mol. The molecule has 1 aromatic heterocycles. The Bertz CT molecular complexity index is 1150. The first-order valence-corrected chi connectivity index (χ1v) is 10.8. The van der Waals surface area contributed by atoms with Crippen molar-refractivity contribution in [3.63, 3.8) is 0 Å². The largest absolute Gasteiger partial charge is 0.493 e. The van der Waals surface area contributed by atoms with E-state index in [1.165, 1.54) is 31.1 Å². The zero-order chi connectivity index (χ0) is 22.0. The number of methoxy groups -OCH3 is 2. The summed E-state index contributed by atoms with van der Waals surface area (Å²) in [5, 5.41) is 3.43. The standard InChI is InChI=1S/C24H23NO5S/c1-4-30-24(27)20-17-11-9-14-7-5-6-8-16(14)21(17)31-23(20)25-22(26)15-10-12-18(28-2)19(13-15)29-3/h5-8,10,12-13H,4,9,11H2,1-3H3,(H,25,26). The van der Waals surface area contributed by atoms with Crippen LogP contribution in [0.15, 0.2) is 42.5 Å². The van der Waals surface area contributed by atoms with Gasteiger partial charge < -0.3 is 19.5 Å². The number of thiophene rings is 1. The Morgan fingerprint density at radius 1 is 1.03 bits per heavy atom. The fraction of sp³-hybridized carbons (Fsp3) is 0.250.